The first-order valence-electron chi connectivity index (χ1n) is 6.71. The number of nitrogens with one attached hydrogen (secondary N) is 1. The molecule has 1 aromatic carbocycles. The van der Waals surface area contributed by atoms with Crippen LogP contribution in [0.5, 0.6) is 5.75 Å². The Kier molecular flexibility index (Phi) is 5.27. The van der Waals surface area contributed by atoms with Gasteiger partial charge in [0.25, 0.3) is 0 Å². The Morgan fingerprint density at radius 3 is 2.55 bits per heavy atom. The predicted molar refractivity (Wildman–Crippen MR) is 91.9 cm³/mol. The number of rotatable bonds is 5. The van der Waals surface area contributed by atoms with Gasteiger partial charge in [0.15, 0.2) is 0 Å². The molecule has 0 aliphatic rings. The van der Waals surface area contributed by atoms with Gasteiger partial charge in [0.1, 0.15) is 11.6 Å². The number of methoxy groups -OCH3 is 1. The van der Waals surface area contributed by atoms with E-state index < -0.39 is 0 Å². The van der Waals surface area contributed by atoms with Gasteiger partial charge in [-0.1, -0.05) is 13.3 Å². The van der Waals surface area contributed by atoms with Gasteiger partial charge in [0, 0.05) is 16.4 Å². The number of halogens is 2. The van der Waals surface area contributed by atoms with Crippen molar-refractivity contribution in [3.05, 3.63) is 26.6 Å². The van der Waals surface area contributed by atoms with Crippen LogP contribution < -0.4 is 10.1 Å². The van der Waals surface area contributed by atoms with E-state index >= 15 is 0 Å². The Bertz CT molecular complexity index is 629. The van der Waals surface area contributed by atoms with Gasteiger partial charge in [-0.25, -0.2) is 4.98 Å². The molecule has 1 aromatic heterocycles. The molecule has 2 aromatic rings. The van der Waals surface area contributed by atoms with E-state index in [4.69, 9.17) is 9.72 Å². The van der Waals surface area contributed by atoms with E-state index in [1.54, 1.807) is 7.11 Å². The van der Waals surface area contributed by atoms with Crippen LogP contribution in [0, 0.1) is 0 Å². The van der Waals surface area contributed by atoms with Crippen molar-refractivity contribution in [1.82, 2.24) is 4.98 Å². The van der Waals surface area contributed by atoms with Gasteiger partial charge in [0.05, 0.1) is 17.1 Å². The van der Waals surface area contributed by atoms with Crippen molar-refractivity contribution in [2.75, 3.05) is 19.0 Å². The maximum atomic E-state index is 5.52. The van der Waals surface area contributed by atoms with Gasteiger partial charge in [-0.2, -0.15) is 0 Å². The lowest BCUT2D eigenvalue weighted by atomic mass is 10.1. The second-order valence-corrected chi connectivity index (χ2v) is 6.25. The summed E-state index contributed by atoms with van der Waals surface area (Å²) in [4.78, 5) is 4.77. The maximum absolute atomic E-state index is 5.52. The molecular weight excluding hydrogens is 384 g/mol. The molecule has 0 atom stereocenters. The Labute approximate surface area is 136 Å². The Hall–Kier alpha value is -0.810. The second kappa shape index (κ2) is 6.76. The smallest absolute Gasteiger partial charge is 0.142 e. The monoisotopic (exact) mass is 400 g/mol. The van der Waals surface area contributed by atoms with Crippen LogP contribution in [0.2, 0.25) is 0 Å². The first kappa shape index (κ1) is 15.6. The topological polar surface area (TPSA) is 34.1 Å². The summed E-state index contributed by atoms with van der Waals surface area (Å²) >= 11 is 7.13. The van der Waals surface area contributed by atoms with Crippen molar-refractivity contribution < 1.29 is 4.74 Å². The Morgan fingerprint density at radius 2 is 1.95 bits per heavy atom. The van der Waals surface area contributed by atoms with E-state index in [2.05, 4.69) is 57.1 Å². The molecule has 2 rings (SSSR count). The fraction of sp³-hybridized carbons (Fsp3) is 0.400. The maximum Gasteiger partial charge on any atom is 0.142 e. The van der Waals surface area contributed by atoms with Crippen LogP contribution in [0.1, 0.15) is 25.8 Å². The Balaban J connectivity index is 2.75. The summed E-state index contributed by atoms with van der Waals surface area (Å²) in [5.74, 6) is 1.79. The number of ether oxygens (including phenoxy) is 1. The summed E-state index contributed by atoms with van der Waals surface area (Å²) in [5.41, 5.74) is 2.14. The molecule has 1 N–H and O–H groups in total. The van der Waals surface area contributed by atoms with Crippen LogP contribution in [0.15, 0.2) is 21.1 Å². The van der Waals surface area contributed by atoms with Crippen LogP contribution in [-0.4, -0.2) is 18.6 Å². The van der Waals surface area contributed by atoms with Crippen molar-refractivity contribution in [3.8, 4) is 5.75 Å². The standard InChI is InChI=1S/C15H18Br2N2O/c1-4-6-9-7-10-13(19-15(9)18-5-2)11(16)8-12(17)14(10)20-3/h7-8H,4-6H2,1-3H3,(H,18,19). The number of nitrogens with zero attached hydrogens (tertiary/aromatic N) is 1. The molecular formula is C15H18Br2N2O. The molecule has 0 unspecified atom stereocenters. The predicted octanol–water partition coefficient (Wildman–Crippen LogP) is 5.15. The number of hydrogen-bond acceptors (Lipinski definition) is 3. The molecule has 0 saturated carbocycles. The molecule has 20 heavy (non-hydrogen) atoms. The van der Waals surface area contributed by atoms with Gasteiger partial charge in [-0.05, 0) is 62.9 Å². The zero-order valence-corrected chi connectivity index (χ0v) is 15.1. The summed E-state index contributed by atoms with van der Waals surface area (Å²) in [7, 11) is 1.69. The molecule has 1 heterocycles. The first-order chi connectivity index (χ1) is 9.62. The molecule has 0 aliphatic heterocycles. The third-order valence-electron chi connectivity index (χ3n) is 3.11. The minimum absolute atomic E-state index is 0.830. The van der Waals surface area contributed by atoms with Crippen molar-refractivity contribution in [2.24, 2.45) is 0 Å². The molecule has 108 valence electrons. The van der Waals surface area contributed by atoms with E-state index in [1.165, 1.54) is 5.56 Å². The zero-order chi connectivity index (χ0) is 14.7. The first-order valence-corrected chi connectivity index (χ1v) is 8.30. The summed E-state index contributed by atoms with van der Waals surface area (Å²) in [6.45, 7) is 5.12. The molecule has 0 saturated heterocycles. The SMILES string of the molecule is CCCc1cc2c(OC)c(Br)cc(Br)c2nc1NCC. The molecule has 0 spiro atoms. The van der Waals surface area contributed by atoms with Crippen LogP contribution >= 0.6 is 31.9 Å². The highest BCUT2D eigenvalue weighted by Crippen LogP contribution is 2.39. The number of benzene rings is 1. The molecule has 5 heteroatoms. The van der Waals surface area contributed by atoms with Gasteiger partial charge < -0.3 is 10.1 Å². The lowest BCUT2D eigenvalue weighted by molar-refractivity contribution is 0.417. The average molecular weight is 402 g/mol. The lowest BCUT2D eigenvalue weighted by Gasteiger charge is -2.14. The number of aryl methyl sites for hydroxylation is 1. The highest BCUT2D eigenvalue weighted by molar-refractivity contribution is 9.11. The van der Waals surface area contributed by atoms with E-state index in [0.717, 1.165) is 50.8 Å². The van der Waals surface area contributed by atoms with Crippen LogP contribution in [-0.2, 0) is 6.42 Å². The largest absolute Gasteiger partial charge is 0.495 e. The van der Waals surface area contributed by atoms with E-state index in [1.807, 2.05) is 6.07 Å². The quantitative estimate of drug-likeness (QED) is 0.751. The third kappa shape index (κ3) is 2.93. The van der Waals surface area contributed by atoms with E-state index in [0.29, 0.717) is 0 Å². The lowest BCUT2D eigenvalue weighted by Crippen LogP contribution is -2.04. The van der Waals surface area contributed by atoms with Gasteiger partial charge in [0.2, 0.25) is 0 Å². The second-order valence-electron chi connectivity index (χ2n) is 4.55. The van der Waals surface area contributed by atoms with Gasteiger partial charge >= 0.3 is 0 Å². The van der Waals surface area contributed by atoms with Crippen molar-refractivity contribution in [2.45, 2.75) is 26.7 Å². The van der Waals surface area contributed by atoms with Crippen LogP contribution in [0.3, 0.4) is 0 Å². The summed E-state index contributed by atoms with van der Waals surface area (Å²) in [5, 5.41) is 4.37. The number of aromatic nitrogens is 1. The highest BCUT2D eigenvalue weighted by atomic mass is 79.9. The molecule has 0 fully saturated rings. The number of fused-ring (bicyclic) bond motifs is 1. The van der Waals surface area contributed by atoms with Crippen LogP contribution in [0.4, 0.5) is 5.82 Å². The molecule has 3 nitrogen and oxygen atoms in total. The van der Waals surface area contributed by atoms with Crippen LogP contribution in [0.25, 0.3) is 10.9 Å². The van der Waals surface area contributed by atoms with E-state index in [-0.39, 0.29) is 0 Å². The minimum atomic E-state index is 0.830. The third-order valence-corrected chi connectivity index (χ3v) is 4.30. The fourth-order valence-corrected chi connectivity index (χ4v) is 3.71. The Morgan fingerprint density at radius 1 is 1.20 bits per heavy atom. The summed E-state index contributed by atoms with van der Waals surface area (Å²) in [6, 6.07) is 4.15. The fourth-order valence-electron chi connectivity index (χ4n) is 2.27. The minimum Gasteiger partial charge on any atom is -0.495 e. The van der Waals surface area contributed by atoms with Crippen molar-refractivity contribution in [1.29, 1.82) is 0 Å². The molecule has 0 aliphatic carbocycles. The summed E-state index contributed by atoms with van der Waals surface area (Å²) in [6.07, 6.45) is 2.08. The number of pyridine rings is 1. The van der Waals surface area contributed by atoms with Crippen molar-refractivity contribution in [3.63, 3.8) is 0 Å². The van der Waals surface area contributed by atoms with E-state index in [9.17, 15) is 0 Å². The summed E-state index contributed by atoms with van der Waals surface area (Å²) < 4.78 is 7.41. The van der Waals surface area contributed by atoms with Gasteiger partial charge in [-0.3, -0.25) is 0 Å². The highest BCUT2D eigenvalue weighted by Gasteiger charge is 2.14. The molecule has 0 bridgehead atoms. The van der Waals surface area contributed by atoms with Crippen molar-refractivity contribution >= 4 is 48.6 Å². The number of hydrogen-bond donors (Lipinski definition) is 1. The zero-order valence-electron chi connectivity index (χ0n) is 11.9. The molecule has 0 amide bonds. The average Bonchev–Trinajstić information content (AvgIpc) is 2.41. The van der Waals surface area contributed by atoms with Gasteiger partial charge in [-0.15, -0.1) is 0 Å². The molecule has 0 radical (unpaired) electrons. The normalized spacial score (nSPS) is 10.8. The number of anilines is 1.